The van der Waals surface area contributed by atoms with E-state index in [1.807, 2.05) is 12.1 Å². The maximum atomic E-state index is 8.96. The lowest BCUT2D eigenvalue weighted by molar-refractivity contribution is 1.03. The molecule has 1 saturated carbocycles. The predicted octanol–water partition coefficient (Wildman–Crippen LogP) is 4.98. The summed E-state index contributed by atoms with van der Waals surface area (Å²) >= 11 is 0. The van der Waals surface area contributed by atoms with Gasteiger partial charge in [0.2, 0.25) is 0 Å². The maximum Gasteiger partial charge on any atom is 0.0991 e. The Morgan fingerprint density at radius 3 is 2.29 bits per heavy atom. The summed E-state index contributed by atoms with van der Waals surface area (Å²) < 4.78 is 0. The van der Waals surface area contributed by atoms with E-state index in [1.54, 1.807) is 0 Å². The van der Waals surface area contributed by atoms with E-state index in [9.17, 15) is 0 Å². The highest BCUT2D eigenvalue weighted by Crippen LogP contribution is 2.54. The van der Waals surface area contributed by atoms with Gasteiger partial charge in [0.1, 0.15) is 0 Å². The summed E-state index contributed by atoms with van der Waals surface area (Å²) in [6.45, 7) is 0. The van der Waals surface area contributed by atoms with Crippen LogP contribution >= 0.6 is 0 Å². The van der Waals surface area contributed by atoms with Crippen LogP contribution < -0.4 is 0 Å². The summed E-state index contributed by atoms with van der Waals surface area (Å²) in [4.78, 5) is 0. The molecule has 100 valence electrons. The second-order valence-electron chi connectivity index (χ2n) is 5.79. The summed E-state index contributed by atoms with van der Waals surface area (Å²) in [5.74, 6) is 1.31. The van der Waals surface area contributed by atoms with Crippen LogP contribution in [0.25, 0.3) is 10.8 Å². The number of nitriles is 1. The van der Waals surface area contributed by atoms with Gasteiger partial charge in [0, 0.05) is 0 Å². The van der Waals surface area contributed by atoms with Crippen molar-refractivity contribution in [3.8, 4) is 6.07 Å². The molecule has 0 heterocycles. The highest BCUT2D eigenvalue weighted by Gasteiger charge is 2.39. The van der Waals surface area contributed by atoms with Gasteiger partial charge in [-0.05, 0) is 52.3 Å². The van der Waals surface area contributed by atoms with E-state index in [-0.39, 0.29) is 0 Å². The second kappa shape index (κ2) is 4.75. The Kier molecular flexibility index (Phi) is 2.75. The molecule has 1 heteroatoms. The van der Waals surface area contributed by atoms with Gasteiger partial charge in [-0.25, -0.2) is 0 Å². The molecule has 0 amide bonds. The summed E-state index contributed by atoms with van der Waals surface area (Å²) in [5.41, 5.74) is 3.59. The average molecular weight is 269 g/mol. The van der Waals surface area contributed by atoms with E-state index in [0.29, 0.717) is 11.8 Å². The summed E-state index contributed by atoms with van der Waals surface area (Å²) in [5, 5.41) is 11.3. The fraction of sp³-hybridized carbons (Fsp3) is 0.150. The normalized spacial score (nSPS) is 20.1. The maximum absolute atomic E-state index is 8.96. The lowest BCUT2D eigenvalue weighted by Gasteiger charge is -2.04. The molecule has 3 aromatic rings. The quantitative estimate of drug-likeness (QED) is 0.643. The van der Waals surface area contributed by atoms with E-state index >= 15 is 0 Å². The van der Waals surface area contributed by atoms with Crippen LogP contribution in [-0.2, 0) is 0 Å². The zero-order valence-corrected chi connectivity index (χ0v) is 11.7. The Hall–Kier alpha value is -2.59. The molecule has 0 bridgehead atoms. The molecule has 1 fully saturated rings. The van der Waals surface area contributed by atoms with Crippen molar-refractivity contribution in [2.45, 2.75) is 18.3 Å². The topological polar surface area (TPSA) is 23.8 Å². The number of fused-ring (bicyclic) bond motifs is 1. The van der Waals surface area contributed by atoms with Crippen molar-refractivity contribution in [2.75, 3.05) is 0 Å². The van der Waals surface area contributed by atoms with Crippen LogP contribution in [0.15, 0.2) is 66.7 Å². The lowest BCUT2D eigenvalue weighted by Crippen LogP contribution is -1.85. The first-order valence-electron chi connectivity index (χ1n) is 7.34. The molecule has 0 saturated heterocycles. The second-order valence-corrected chi connectivity index (χ2v) is 5.79. The van der Waals surface area contributed by atoms with E-state index in [2.05, 4.69) is 60.7 Å². The molecule has 2 atom stereocenters. The molecule has 0 aromatic heterocycles. The summed E-state index contributed by atoms with van der Waals surface area (Å²) in [6, 6.07) is 25.5. The number of hydrogen-bond donors (Lipinski definition) is 0. The van der Waals surface area contributed by atoms with Crippen molar-refractivity contribution in [3.63, 3.8) is 0 Å². The molecule has 0 N–H and O–H groups in total. The predicted molar refractivity (Wildman–Crippen MR) is 85.2 cm³/mol. The molecular formula is C20H15N. The monoisotopic (exact) mass is 269 g/mol. The molecule has 1 aliphatic rings. The minimum atomic E-state index is 0.646. The minimum absolute atomic E-state index is 0.646. The SMILES string of the molecule is N#Cc1ccc2cc(C3CC3c3ccccc3)ccc2c1. The van der Waals surface area contributed by atoms with Crippen LogP contribution in [0.3, 0.4) is 0 Å². The number of nitrogens with zero attached hydrogens (tertiary/aromatic N) is 1. The molecule has 2 unspecified atom stereocenters. The first-order valence-corrected chi connectivity index (χ1v) is 7.34. The first-order chi connectivity index (χ1) is 10.3. The van der Waals surface area contributed by atoms with Crippen molar-refractivity contribution >= 4 is 10.8 Å². The Balaban J connectivity index is 1.65. The highest BCUT2D eigenvalue weighted by molar-refractivity contribution is 5.84. The van der Waals surface area contributed by atoms with Crippen molar-refractivity contribution in [1.82, 2.24) is 0 Å². The van der Waals surface area contributed by atoms with Gasteiger partial charge in [-0.1, -0.05) is 54.6 Å². The molecule has 21 heavy (non-hydrogen) atoms. The standard InChI is InChI=1S/C20H15N/c21-13-14-6-7-17-11-18(9-8-16(17)10-14)20-12-19(20)15-4-2-1-3-5-15/h1-11,19-20H,12H2. The smallest absolute Gasteiger partial charge is 0.0991 e. The third-order valence-corrected chi connectivity index (χ3v) is 4.44. The van der Waals surface area contributed by atoms with Crippen LogP contribution in [0.4, 0.5) is 0 Å². The molecule has 0 radical (unpaired) electrons. The zero-order valence-electron chi connectivity index (χ0n) is 11.7. The van der Waals surface area contributed by atoms with Crippen LogP contribution in [0, 0.1) is 11.3 Å². The van der Waals surface area contributed by atoms with Gasteiger partial charge in [0.15, 0.2) is 0 Å². The Bertz CT molecular complexity index is 843. The van der Waals surface area contributed by atoms with Crippen molar-refractivity contribution < 1.29 is 0 Å². The molecule has 1 aliphatic carbocycles. The van der Waals surface area contributed by atoms with Gasteiger partial charge in [0.25, 0.3) is 0 Å². The summed E-state index contributed by atoms with van der Waals surface area (Å²) in [7, 11) is 0. The van der Waals surface area contributed by atoms with Gasteiger partial charge in [-0.3, -0.25) is 0 Å². The third-order valence-electron chi connectivity index (χ3n) is 4.44. The zero-order chi connectivity index (χ0) is 14.2. The van der Waals surface area contributed by atoms with E-state index < -0.39 is 0 Å². The van der Waals surface area contributed by atoms with Gasteiger partial charge >= 0.3 is 0 Å². The number of hydrogen-bond acceptors (Lipinski definition) is 1. The lowest BCUT2D eigenvalue weighted by atomic mass is 10.00. The number of benzene rings is 3. The summed E-state index contributed by atoms with van der Waals surface area (Å²) in [6.07, 6.45) is 1.24. The van der Waals surface area contributed by atoms with Crippen LogP contribution in [0.2, 0.25) is 0 Å². The van der Waals surface area contributed by atoms with Gasteiger partial charge in [-0.2, -0.15) is 5.26 Å². The van der Waals surface area contributed by atoms with Gasteiger partial charge in [0.05, 0.1) is 11.6 Å². The van der Waals surface area contributed by atoms with Gasteiger partial charge < -0.3 is 0 Å². The van der Waals surface area contributed by atoms with Crippen molar-refractivity contribution in [2.24, 2.45) is 0 Å². The van der Waals surface area contributed by atoms with Crippen LogP contribution in [-0.4, -0.2) is 0 Å². The van der Waals surface area contributed by atoms with Crippen molar-refractivity contribution in [1.29, 1.82) is 5.26 Å². The van der Waals surface area contributed by atoms with Crippen LogP contribution in [0.5, 0.6) is 0 Å². The fourth-order valence-corrected chi connectivity index (χ4v) is 3.20. The van der Waals surface area contributed by atoms with Crippen LogP contribution in [0.1, 0.15) is 34.9 Å². The molecule has 0 spiro atoms. The van der Waals surface area contributed by atoms with E-state index in [1.165, 1.54) is 22.9 Å². The van der Waals surface area contributed by atoms with Crippen molar-refractivity contribution in [3.05, 3.63) is 83.4 Å². The van der Waals surface area contributed by atoms with E-state index in [4.69, 9.17) is 5.26 Å². The molecule has 0 aliphatic heterocycles. The minimum Gasteiger partial charge on any atom is -0.192 e. The van der Waals surface area contributed by atoms with Gasteiger partial charge in [-0.15, -0.1) is 0 Å². The Morgan fingerprint density at radius 2 is 1.48 bits per heavy atom. The first kappa shape index (κ1) is 12.2. The fourth-order valence-electron chi connectivity index (χ4n) is 3.20. The molecule has 1 nitrogen and oxygen atoms in total. The highest BCUT2D eigenvalue weighted by atomic mass is 14.4. The van der Waals surface area contributed by atoms with E-state index in [0.717, 1.165) is 10.9 Å². The molecule has 3 aromatic carbocycles. The average Bonchev–Trinajstić information content (AvgIpc) is 3.35. The Morgan fingerprint density at radius 1 is 0.762 bits per heavy atom. The largest absolute Gasteiger partial charge is 0.192 e. The third kappa shape index (κ3) is 2.19. The molecular weight excluding hydrogens is 254 g/mol. The number of rotatable bonds is 2. The Labute approximate surface area is 124 Å². The molecule has 4 rings (SSSR count).